The Morgan fingerprint density at radius 1 is 0.442 bits per heavy atom. The van der Waals surface area contributed by atoms with Crippen LogP contribution in [-0.4, -0.2) is 74.3 Å². The van der Waals surface area contributed by atoms with Crippen molar-refractivity contribution in [1.29, 1.82) is 0 Å². The van der Waals surface area contributed by atoms with Gasteiger partial charge in [0.05, 0.1) is 33.8 Å². The fraction of sp³-hybridized carbons (Fsp3) is 0.940. The molecule has 9 nitrogen and oxygen atoms in total. The molecule has 2 N–H and O–H groups in total. The average molecular weight is 1110 g/mol. The van der Waals surface area contributed by atoms with E-state index in [1.807, 2.05) is 33.3 Å². The van der Waals surface area contributed by atoms with Crippen LogP contribution in [0.25, 0.3) is 0 Å². The van der Waals surface area contributed by atoms with Crippen LogP contribution < -0.4 is 5.32 Å². The Labute approximate surface area is 480 Å². The van der Waals surface area contributed by atoms with Crippen molar-refractivity contribution in [3.8, 4) is 0 Å². The summed E-state index contributed by atoms with van der Waals surface area (Å²) in [5, 5.41) is 3.07. The third-order valence-corrected chi connectivity index (χ3v) is 16.7. The molecule has 458 valence electrons. The minimum Gasteiger partial charge on any atom is -0.456 e. The van der Waals surface area contributed by atoms with Crippen molar-refractivity contribution in [3.05, 3.63) is 12.2 Å². The number of hydrogen-bond acceptors (Lipinski definition) is 6. The maximum atomic E-state index is 13.6. The van der Waals surface area contributed by atoms with Gasteiger partial charge in [-0.3, -0.25) is 18.6 Å². The van der Waals surface area contributed by atoms with Crippen molar-refractivity contribution in [2.24, 2.45) is 0 Å². The van der Waals surface area contributed by atoms with E-state index >= 15 is 0 Å². The van der Waals surface area contributed by atoms with E-state index in [-0.39, 0.29) is 25.1 Å². The molecular formula is C67H134N2O7P+. The van der Waals surface area contributed by atoms with Crippen LogP contribution in [0.3, 0.4) is 0 Å². The molecule has 0 rings (SSSR count). The first-order chi connectivity index (χ1) is 37.4. The minimum atomic E-state index is -4.44. The SMILES string of the molecule is CCCCCCCCCCC/C=C\C(OC(=O)CCCCCCCCCCCCCCC)C(COP(=O)(O)OCC[N+](C)(C)C)NC(=O)CCCCCCCCCCCCCCCCCCCCCCCCCCCCC. The second-order valence-electron chi connectivity index (χ2n) is 24.7. The summed E-state index contributed by atoms with van der Waals surface area (Å²) in [5.41, 5.74) is 0. The number of quaternary nitrogens is 1. The van der Waals surface area contributed by atoms with Crippen molar-refractivity contribution >= 4 is 19.7 Å². The number of ether oxygens (including phenoxy) is 1. The molecule has 3 unspecified atom stereocenters. The zero-order valence-electron chi connectivity index (χ0n) is 52.5. The first-order valence-corrected chi connectivity index (χ1v) is 35.5. The molecule has 0 bridgehead atoms. The molecule has 0 radical (unpaired) electrons. The highest BCUT2D eigenvalue weighted by Crippen LogP contribution is 2.43. The molecule has 0 saturated heterocycles. The summed E-state index contributed by atoms with van der Waals surface area (Å²) >= 11 is 0. The lowest BCUT2D eigenvalue weighted by Gasteiger charge is -2.27. The summed E-state index contributed by atoms with van der Waals surface area (Å²) in [4.78, 5) is 37.7. The van der Waals surface area contributed by atoms with E-state index in [1.165, 1.54) is 263 Å². The summed E-state index contributed by atoms with van der Waals surface area (Å²) in [6.45, 7) is 7.07. The molecular weight excluding hydrogens is 976 g/mol. The van der Waals surface area contributed by atoms with Crippen LogP contribution in [0.1, 0.15) is 355 Å². The molecule has 0 heterocycles. The summed E-state index contributed by atoms with van der Waals surface area (Å²) in [6, 6.07) is -0.839. The summed E-state index contributed by atoms with van der Waals surface area (Å²) in [6.07, 6.45) is 68.0. The second kappa shape index (κ2) is 58.0. The van der Waals surface area contributed by atoms with Crippen LogP contribution in [-0.2, 0) is 27.9 Å². The standard InChI is InChI=1S/C67H133N2O7P/c1-7-10-13-16-19-22-25-27-28-29-30-31-32-33-34-35-36-37-38-39-40-42-44-47-50-53-56-59-66(70)68-64(63-75-77(72,73)74-62-61-69(4,5)6)65(58-55-52-49-46-43-24-21-18-15-12-9-3)76-67(71)60-57-54-51-48-45-41-26-23-20-17-14-11-8-2/h55,58,64-65H,7-54,56-57,59-63H2,1-6H3,(H-,68,70,72,73)/p+1/b58-55-. The van der Waals surface area contributed by atoms with E-state index in [0.717, 1.165) is 57.8 Å². The maximum Gasteiger partial charge on any atom is 0.472 e. The molecule has 10 heteroatoms. The average Bonchev–Trinajstić information content (AvgIpc) is 3.39. The van der Waals surface area contributed by atoms with Crippen molar-refractivity contribution in [2.75, 3.05) is 40.9 Å². The molecule has 0 aromatic rings. The van der Waals surface area contributed by atoms with Crippen LogP contribution >= 0.6 is 7.82 Å². The number of rotatable bonds is 63. The van der Waals surface area contributed by atoms with E-state index in [4.69, 9.17) is 13.8 Å². The van der Waals surface area contributed by atoms with Gasteiger partial charge >= 0.3 is 13.8 Å². The summed E-state index contributed by atoms with van der Waals surface area (Å²) in [5.74, 6) is -0.483. The van der Waals surface area contributed by atoms with Gasteiger partial charge in [0, 0.05) is 12.8 Å². The monoisotopic (exact) mass is 1110 g/mol. The number of nitrogens with zero attached hydrogens (tertiary/aromatic N) is 1. The lowest BCUT2D eigenvalue weighted by molar-refractivity contribution is -0.870. The first-order valence-electron chi connectivity index (χ1n) is 34.0. The zero-order valence-corrected chi connectivity index (χ0v) is 53.4. The van der Waals surface area contributed by atoms with E-state index in [0.29, 0.717) is 23.9 Å². The molecule has 0 aliphatic carbocycles. The largest absolute Gasteiger partial charge is 0.472 e. The van der Waals surface area contributed by atoms with E-state index < -0.39 is 20.0 Å². The van der Waals surface area contributed by atoms with Crippen molar-refractivity contribution in [2.45, 2.75) is 367 Å². The van der Waals surface area contributed by atoms with Crippen LogP contribution in [0.2, 0.25) is 0 Å². The van der Waals surface area contributed by atoms with Gasteiger partial charge in [0.1, 0.15) is 19.3 Å². The highest BCUT2D eigenvalue weighted by Gasteiger charge is 2.30. The van der Waals surface area contributed by atoms with Gasteiger partial charge in [0.25, 0.3) is 0 Å². The van der Waals surface area contributed by atoms with Crippen molar-refractivity contribution < 1.29 is 37.3 Å². The second-order valence-corrected chi connectivity index (χ2v) is 26.2. The Hall–Kier alpha value is -1.25. The third-order valence-electron chi connectivity index (χ3n) is 15.7. The Balaban J connectivity index is 4.90. The normalized spacial score (nSPS) is 13.6. The van der Waals surface area contributed by atoms with E-state index in [2.05, 4.69) is 26.1 Å². The van der Waals surface area contributed by atoms with Crippen molar-refractivity contribution in [3.63, 3.8) is 0 Å². The highest BCUT2D eigenvalue weighted by molar-refractivity contribution is 7.47. The quantitative estimate of drug-likeness (QED) is 0.0205. The lowest BCUT2D eigenvalue weighted by atomic mass is 10.0. The van der Waals surface area contributed by atoms with Gasteiger partial charge < -0.3 is 19.4 Å². The van der Waals surface area contributed by atoms with Gasteiger partial charge in [-0.2, -0.15) is 0 Å². The van der Waals surface area contributed by atoms with Gasteiger partial charge in [0.15, 0.2) is 0 Å². The fourth-order valence-electron chi connectivity index (χ4n) is 10.5. The number of hydrogen-bond donors (Lipinski definition) is 2. The zero-order chi connectivity index (χ0) is 56.4. The number of esters is 1. The van der Waals surface area contributed by atoms with Crippen LogP contribution in [0.15, 0.2) is 12.2 Å². The number of phosphoric ester groups is 1. The first kappa shape index (κ1) is 75.8. The number of nitrogens with one attached hydrogen (secondary N) is 1. The minimum absolute atomic E-state index is 0.0458. The van der Waals surface area contributed by atoms with Gasteiger partial charge in [0.2, 0.25) is 5.91 Å². The molecule has 0 spiro atoms. The Bertz CT molecular complexity index is 1320. The predicted molar refractivity (Wildman–Crippen MR) is 333 cm³/mol. The summed E-state index contributed by atoms with van der Waals surface area (Å²) in [7, 11) is 1.52. The van der Waals surface area contributed by atoms with E-state index in [9.17, 15) is 19.0 Å². The molecule has 77 heavy (non-hydrogen) atoms. The van der Waals surface area contributed by atoms with Crippen LogP contribution in [0.4, 0.5) is 0 Å². The third kappa shape index (κ3) is 59.2. The van der Waals surface area contributed by atoms with Gasteiger partial charge in [-0.15, -0.1) is 0 Å². The fourth-order valence-corrected chi connectivity index (χ4v) is 11.2. The Kier molecular flexibility index (Phi) is 57.0. The lowest BCUT2D eigenvalue weighted by Crippen LogP contribution is -2.47. The van der Waals surface area contributed by atoms with Crippen LogP contribution in [0, 0.1) is 0 Å². The molecule has 0 aromatic carbocycles. The molecule has 0 saturated carbocycles. The molecule has 0 aliphatic rings. The molecule has 0 aliphatic heterocycles. The predicted octanol–water partition coefficient (Wildman–Crippen LogP) is 21.1. The Morgan fingerprint density at radius 3 is 1.06 bits per heavy atom. The number of allylic oxidation sites excluding steroid dienone is 1. The van der Waals surface area contributed by atoms with Gasteiger partial charge in [-0.05, 0) is 31.8 Å². The molecule has 3 atom stereocenters. The highest BCUT2D eigenvalue weighted by atomic mass is 31.2. The number of carbonyl (C=O) groups is 2. The van der Waals surface area contributed by atoms with E-state index in [1.54, 1.807) is 0 Å². The maximum absolute atomic E-state index is 13.6. The number of phosphoric acid groups is 1. The number of likely N-dealkylation sites (N-methyl/N-ethyl adjacent to an activating group) is 1. The van der Waals surface area contributed by atoms with Crippen molar-refractivity contribution in [1.82, 2.24) is 5.32 Å². The van der Waals surface area contributed by atoms with Crippen LogP contribution in [0.5, 0.6) is 0 Å². The molecule has 0 fully saturated rings. The topological polar surface area (TPSA) is 111 Å². The smallest absolute Gasteiger partial charge is 0.456 e. The van der Waals surface area contributed by atoms with Gasteiger partial charge in [-0.25, -0.2) is 4.57 Å². The number of carbonyl (C=O) groups excluding carboxylic acids is 2. The van der Waals surface area contributed by atoms with Gasteiger partial charge in [-0.1, -0.05) is 322 Å². The Morgan fingerprint density at radius 2 is 0.740 bits per heavy atom. The number of unbranched alkanes of at least 4 members (excludes halogenated alkanes) is 47. The molecule has 0 aromatic heterocycles. The number of amides is 1. The molecule has 1 amide bonds. The summed E-state index contributed by atoms with van der Waals surface area (Å²) < 4.78 is 30.7.